The van der Waals surface area contributed by atoms with Crippen LogP contribution >= 0.6 is 0 Å². The van der Waals surface area contributed by atoms with Crippen molar-refractivity contribution in [2.75, 3.05) is 6.61 Å². The Morgan fingerprint density at radius 3 is 2.19 bits per heavy atom. The Morgan fingerprint density at radius 1 is 1.03 bits per heavy atom. The average molecular weight is 425 g/mol. The van der Waals surface area contributed by atoms with Gasteiger partial charge in [0.1, 0.15) is 11.8 Å². The molecule has 2 amide bonds. The standard InChI is InChI=1S/C26H36N2O3/c1-8-23(25(30)27-26(5,6)7)28(16-21-12-10-9-11-20(21)4)24(29)17-31-22-14-18(2)13-19(3)15-22/h9-15,23H,8,16-17H2,1-7H3,(H,27,30)/t23-/m1/s1. The summed E-state index contributed by atoms with van der Waals surface area (Å²) in [6, 6.07) is 13.2. The minimum absolute atomic E-state index is 0.117. The zero-order valence-electron chi connectivity index (χ0n) is 19.9. The summed E-state index contributed by atoms with van der Waals surface area (Å²) in [5.74, 6) is 0.301. The van der Waals surface area contributed by atoms with Crippen molar-refractivity contribution in [1.29, 1.82) is 0 Å². The Hall–Kier alpha value is -2.82. The summed E-state index contributed by atoms with van der Waals surface area (Å²) in [5.41, 5.74) is 3.88. The van der Waals surface area contributed by atoms with E-state index in [1.165, 1.54) is 0 Å². The van der Waals surface area contributed by atoms with Crippen molar-refractivity contribution in [2.45, 2.75) is 73.0 Å². The summed E-state index contributed by atoms with van der Waals surface area (Å²) in [6.45, 7) is 14.0. The first-order chi connectivity index (χ1) is 14.5. The molecule has 5 heteroatoms. The largest absolute Gasteiger partial charge is 0.484 e. The topological polar surface area (TPSA) is 58.6 Å². The molecular weight excluding hydrogens is 388 g/mol. The van der Waals surface area contributed by atoms with Crippen LogP contribution in [0.4, 0.5) is 0 Å². The molecule has 0 fully saturated rings. The minimum Gasteiger partial charge on any atom is -0.484 e. The van der Waals surface area contributed by atoms with Gasteiger partial charge in [0.2, 0.25) is 5.91 Å². The van der Waals surface area contributed by atoms with Crippen molar-refractivity contribution < 1.29 is 14.3 Å². The molecule has 1 atom stereocenters. The lowest BCUT2D eigenvalue weighted by Gasteiger charge is -2.33. The molecule has 0 radical (unpaired) electrons. The fourth-order valence-corrected chi connectivity index (χ4v) is 3.59. The Balaban J connectivity index is 2.27. The summed E-state index contributed by atoms with van der Waals surface area (Å²) >= 11 is 0. The zero-order chi connectivity index (χ0) is 23.2. The predicted molar refractivity (Wildman–Crippen MR) is 125 cm³/mol. The van der Waals surface area contributed by atoms with Gasteiger partial charge in [-0.15, -0.1) is 0 Å². The average Bonchev–Trinajstić information content (AvgIpc) is 2.65. The summed E-state index contributed by atoms with van der Waals surface area (Å²) < 4.78 is 5.83. The third-order valence-electron chi connectivity index (χ3n) is 5.04. The molecule has 0 aromatic heterocycles. The van der Waals surface area contributed by atoms with Crippen LogP contribution in [0.2, 0.25) is 0 Å². The second-order valence-electron chi connectivity index (χ2n) is 9.22. The monoisotopic (exact) mass is 424 g/mol. The molecule has 5 nitrogen and oxygen atoms in total. The second kappa shape index (κ2) is 10.5. The highest BCUT2D eigenvalue weighted by Crippen LogP contribution is 2.19. The van der Waals surface area contributed by atoms with Crippen LogP contribution in [0.15, 0.2) is 42.5 Å². The number of amides is 2. The number of carbonyl (C=O) groups excluding carboxylic acids is 2. The molecule has 2 aromatic rings. The molecular formula is C26H36N2O3. The van der Waals surface area contributed by atoms with E-state index in [1.54, 1.807) is 4.90 Å². The maximum Gasteiger partial charge on any atom is 0.261 e. The molecule has 0 saturated carbocycles. The van der Waals surface area contributed by atoms with Crippen LogP contribution in [0.25, 0.3) is 0 Å². The quantitative estimate of drug-likeness (QED) is 0.667. The molecule has 2 rings (SSSR count). The van der Waals surface area contributed by atoms with Crippen molar-refractivity contribution in [1.82, 2.24) is 10.2 Å². The lowest BCUT2D eigenvalue weighted by molar-refractivity contribution is -0.143. The molecule has 0 bridgehead atoms. The van der Waals surface area contributed by atoms with E-state index in [2.05, 4.69) is 11.4 Å². The third kappa shape index (κ3) is 7.42. The van der Waals surface area contributed by atoms with Crippen LogP contribution in [-0.4, -0.2) is 34.9 Å². The Bertz CT molecular complexity index is 895. The molecule has 0 aliphatic heterocycles. The van der Waals surface area contributed by atoms with Crippen molar-refractivity contribution in [3.63, 3.8) is 0 Å². The molecule has 2 aromatic carbocycles. The van der Waals surface area contributed by atoms with Crippen molar-refractivity contribution in [3.8, 4) is 5.75 Å². The van der Waals surface area contributed by atoms with Gasteiger partial charge in [0.15, 0.2) is 6.61 Å². The van der Waals surface area contributed by atoms with Crippen LogP contribution in [0.3, 0.4) is 0 Å². The van der Waals surface area contributed by atoms with Gasteiger partial charge in [-0.3, -0.25) is 9.59 Å². The first-order valence-corrected chi connectivity index (χ1v) is 10.9. The molecule has 31 heavy (non-hydrogen) atoms. The minimum atomic E-state index is -0.575. The number of aryl methyl sites for hydroxylation is 3. The van der Waals surface area contributed by atoms with Gasteiger partial charge in [-0.1, -0.05) is 37.3 Å². The fraction of sp³-hybridized carbons (Fsp3) is 0.462. The molecule has 0 aliphatic rings. The maximum atomic E-state index is 13.3. The Labute approximate surface area is 186 Å². The molecule has 0 unspecified atom stereocenters. The number of hydrogen-bond donors (Lipinski definition) is 1. The van der Waals surface area contributed by atoms with E-state index in [1.807, 2.05) is 84.9 Å². The van der Waals surface area contributed by atoms with Crippen LogP contribution in [0.5, 0.6) is 5.75 Å². The normalized spacial score (nSPS) is 12.2. The third-order valence-corrected chi connectivity index (χ3v) is 5.04. The SMILES string of the molecule is CC[C@H](C(=O)NC(C)(C)C)N(Cc1ccccc1C)C(=O)COc1cc(C)cc(C)c1. The fourth-order valence-electron chi connectivity index (χ4n) is 3.59. The van der Waals surface area contributed by atoms with Gasteiger partial charge in [0.05, 0.1) is 0 Å². The van der Waals surface area contributed by atoms with E-state index in [4.69, 9.17) is 4.74 Å². The summed E-state index contributed by atoms with van der Waals surface area (Å²) in [5, 5.41) is 3.02. The highest BCUT2D eigenvalue weighted by Gasteiger charge is 2.31. The first kappa shape index (κ1) is 24.4. The van der Waals surface area contributed by atoms with Crippen molar-refractivity contribution >= 4 is 11.8 Å². The van der Waals surface area contributed by atoms with Gasteiger partial charge in [-0.25, -0.2) is 0 Å². The smallest absolute Gasteiger partial charge is 0.261 e. The van der Waals surface area contributed by atoms with Crippen LogP contribution < -0.4 is 10.1 Å². The molecule has 1 N–H and O–H groups in total. The van der Waals surface area contributed by atoms with Gasteiger partial charge in [0.25, 0.3) is 5.91 Å². The van der Waals surface area contributed by atoms with Crippen molar-refractivity contribution in [3.05, 3.63) is 64.7 Å². The van der Waals surface area contributed by atoms with Gasteiger partial charge in [-0.2, -0.15) is 0 Å². The summed E-state index contributed by atoms with van der Waals surface area (Å²) in [7, 11) is 0. The zero-order valence-corrected chi connectivity index (χ0v) is 19.9. The number of nitrogens with zero attached hydrogens (tertiary/aromatic N) is 1. The van der Waals surface area contributed by atoms with Gasteiger partial charge in [-0.05, 0) is 82.3 Å². The molecule has 0 saturated heterocycles. The number of benzene rings is 2. The Morgan fingerprint density at radius 2 is 1.65 bits per heavy atom. The molecule has 168 valence electrons. The van der Waals surface area contributed by atoms with Gasteiger partial charge < -0.3 is 15.0 Å². The number of carbonyl (C=O) groups is 2. The van der Waals surface area contributed by atoms with Crippen LogP contribution in [0.1, 0.15) is 56.4 Å². The van der Waals surface area contributed by atoms with Gasteiger partial charge >= 0.3 is 0 Å². The Kier molecular flexibility index (Phi) is 8.26. The van der Waals surface area contributed by atoms with E-state index >= 15 is 0 Å². The lowest BCUT2D eigenvalue weighted by atomic mass is 10.0. The lowest BCUT2D eigenvalue weighted by Crippen LogP contribution is -2.54. The highest BCUT2D eigenvalue weighted by molar-refractivity contribution is 5.88. The van der Waals surface area contributed by atoms with E-state index in [9.17, 15) is 9.59 Å². The predicted octanol–water partition coefficient (Wildman–Crippen LogP) is 4.71. The van der Waals surface area contributed by atoms with Crippen LogP contribution in [-0.2, 0) is 16.1 Å². The van der Waals surface area contributed by atoms with Crippen LogP contribution in [0, 0.1) is 20.8 Å². The van der Waals surface area contributed by atoms with E-state index in [0.29, 0.717) is 18.7 Å². The molecule has 0 aliphatic carbocycles. The first-order valence-electron chi connectivity index (χ1n) is 10.9. The number of rotatable bonds is 8. The summed E-state index contributed by atoms with van der Waals surface area (Å²) in [4.78, 5) is 28.0. The number of hydrogen-bond acceptors (Lipinski definition) is 3. The van der Waals surface area contributed by atoms with E-state index < -0.39 is 6.04 Å². The van der Waals surface area contributed by atoms with Crippen molar-refractivity contribution in [2.24, 2.45) is 0 Å². The highest BCUT2D eigenvalue weighted by atomic mass is 16.5. The van der Waals surface area contributed by atoms with E-state index in [-0.39, 0.29) is 24.0 Å². The molecule has 0 spiro atoms. The number of ether oxygens (including phenoxy) is 1. The molecule has 0 heterocycles. The van der Waals surface area contributed by atoms with E-state index in [0.717, 1.165) is 22.3 Å². The maximum absolute atomic E-state index is 13.3. The summed E-state index contributed by atoms with van der Waals surface area (Å²) in [6.07, 6.45) is 0.517. The second-order valence-corrected chi connectivity index (χ2v) is 9.22. The van der Waals surface area contributed by atoms with Gasteiger partial charge in [0, 0.05) is 12.1 Å². The number of nitrogens with one attached hydrogen (secondary N) is 1.